The van der Waals surface area contributed by atoms with Crippen LogP contribution < -0.4 is 0 Å². The zero-order valence-corrected chi connectivity index (χ0v) is 7.25. The number of rotatable bonds is 0. The molecule has 1 saturated carbocycles. The van der Waals surface area contributed by atoms with Gasteiger partial charge in [-0.05, 0) is 50.7 Å². The molecule has 10 heavy (non-hydrogen) atoms. The number of hydrogen-bond acceptors (Lipinski definition) is 1. The van der Waals surface area contributed by atoms with Crippen LogP contribution in [-0.2, 0) is 0 Å². The van der Waals surface area contributed by atoms with E-state index in [0.29, 0.717) is 0 Å². The van der Waals surface area contributed by atoms with Crippen LogP contribution in [0.3, 0.4) is 0 Å². The van der Waals surface area contributed by atoms with Crippen LogP contribution in [0.1, 0.15) is 38.5 Å². The molecule has 2 fully saturated rings. The maximum Gasteiger partial charge on any atom is 0.0160 e. The van der Waals surface area contributed by atoms with Crippen molar-refractivity contribution in [1.82, 2.24) is 0 Å². The molecule has 1 aliphatic heterocycles. The quantitative estimate of drug-likeness (QED) is 0.518. The predicted molar refractivity (Wildman–Crippen MR) is 47.2 cm³/mol. The van der Waals surface area contributed by atoms with Crippen molar-refractivity contribution in [3.8, 4) is 0 Å². The lowest BCUT2D eigenvalue weighted by atomic mass is 9.85. The summed E-state index contributed by atoms with van der Waals surface area (Å²) in [5.41, 5.74) is 0. The molecule has 1 heteroatoms. The number of hydrogen-bond donors (Lipinski definition) is 0. The van der Waals surface area contributed by atoms with E-state index in [0.717, 1.165) is 4.75 Å². The van der Waals surface area contributed by atoms with Crippen LogP contribution in [0.25, 0.3) is 0 Å². The highest BCUT2D eigenvalue weighted by atomic mass is 32.2. The lowest BCUT2D eigenvalue weighted by Gasteiger charge is -2.31. The molecule has 0 nitrogen and oxygen atoms in total. The van der Waals surface area contributed by atoms with Gasteiger partial charge in [0, 0.05) is 4.75 Å². The minimum absolute atomic E-state index is 0.759. The summed E-state index contributed by atoms with van der Waals surface area (Å²) in [7, 11) is 0. The van der Waals surface area contributed by atoms with E-state index in [4.69, 9.17) is 0 Å². The van der Waals surface area contributed by atoms with Crippen molar-refractivity contribution in [1.29, 1.82) is 0 Å². The van der Waals surface area contributed by atoms with Crippen LogP contribution in [0.5, 0.6) is 0 Å². The fourth-order valence-electron chi connectivity index (χ4n) is 2.15. The fourth-order valence-corrected chi connectivity index (χ4v) is 3.68. The SMILES string of the molecule is [CH]1CCC2(CC1)CCCS2. The van der Waals surface area contributed by atoms with Crippen molar-refractivity contribution in [2.75, 3.05) is 5.75 Å². The molecule has 2 rings (SSSR count). The molecular weight excluding hydrogens is 140 g/mol. The van der Waals surface area contributed by atoms with Gasteiger partial charge in [0.1, 0.15) is 0 Å². The highest BCUT2D eigenvalue weighted by Gasteiger charge is 2.35. The molecule has 0 amide bonds. The molecule has 0 aromatic rings. The first-order chi connectivity index (χ1) is 4.91. The first-order valence-electron chi connectivity index (χ1n) is 4.37. The Bertz CT molecular complexity index is 106. The van der Waals surface area contributed by atoms with Crippen LogP contribution in [0.4, 0.5) is 0 Å². The summed E-state index contributed by atoms with van der Waals surface area (Å²) < 4.78 is 0.759. The van der Waals surface area contributed by atoms with Crippen LogP contribution in [0, 0.1) is 6.42 Å². The highest BCUT2D eigenvalue weighted by molar-refractivity contribution is 8.00. The second-order valence-corrected chi connectivity index (χ2v) is 5.06. The average molecular weight is 155 g/mol. The van der Waals surface area contributed by atoms with Gasteiger partial charge in [-0.1, -0.05) is 0 Å². The van der Waals surface area contributed by atoms with E-state index >= 15 is 0 Å². The molecule has 0 bridgehead atoms. The van der Waals surface area contributed by atoms with Crippen molar-refractivity contribution < 1.29 is 0 Å². The molecule has 57 valence electrons. The van der Waals surface area contributed by atoms with E-state index < -0.39 is 0 Å². The maximum absolute atomic E-state index is 2.46. The van der Waals surface area contributed by atoms with Crippen molar-refractivity contribution in [2.45, 2.75) is 43.3 Å². The van der Waals surface area contributed by atoms with E-state index in [1.165, 1.54) is 44.3 Å². The standard InChI is InChI=1S/C9H15S/c1-2-5-9(6-3-1)7-4-8-10-9/h1H,2-8H2. The van der Waals surface area contributed by atoms with Gasteiger partial charge in [-0.2, -0.15) is 11.8 Å². The Hall–Kier alpha value is 0.350. The summed E-state index contributed by atoms with van der Waals surface area (Å²) in [5.74, 6) is 1.43. The summed E-state index contributed by atoms with van der Waals surface area (Å²) in [4.78, 5) is 0. The Balaban J connectivity index is 1.98. The predicted octanol–water partition coefficient (Wildman–Crippen LogP) is 3.03. The second kappa shape index (κ2) is 2.77. The summed E-state index contributed by atoms with van der Waals surface area (Å²) >= 11 is 2.25. The van der Waals surface area contributed by atoms with E-state index in [2.05, 4.69) is 18.2 Å². The fraction of sp³-hybridized carbons (Fsp3) is 0.889. The Morgan fingerprint density at radius 3 is 2.50 bits per heavy atom. The molecule has 1 aliphatic carbocycles. The minimum Gasteiger partial charge on any atom is -0.155 e. The molecule has 1 spiro atoms. The lowest BCUT2D eigenvalue weighted by molar-refractivity contribution is 0.437. The Morgan fingerprint density at radius 2 is 1.90 bits per heavy atom. The first-order valence-corrected chi connectivity index (χ1v) is 5.36. The Morgan fingerprint density at radius 1 is 1.10 bits per heavy atom. The van der Waals surface area contributed by atoms with Gasteiger partial charge >= 0.3 is 0 Å². The normalized spacial score (nSPS) is 31.2. The molecule has 0 aromatic heterocycles. The van der Waals surface area contributed by atoms with Gasteiger partial charge in [0.2, 0.25) is 0 Å². The van der Waals surface area contributed by atoms with Gasteiger partial charge in [-0.25, -0.2) is 0 Å². The molecule has 1 radical (unpaired) electrons. The van der Waals surface area contributed by atoms with Crippen molar-refractivity contribution in [3.63, 3.8) is 0 Å². The van der Waals surface area contributed by atoms with Gasteiger partial charge in [0.05, 0.1) is 0 Å². The maximum atomic E-state index is 2.46. The molecule has 1 heterocycles. The summed E-state index contributed by atoms with van der Waals surface area (Å²) in [6.07, 6.45) is 11.1. The summed E-state index contributed by atoms with van der Waals surface area (Å²) in [6.45, 7) is 0. The van der Waals surface area contributed by atoms with Crippen LogP contribution >= 0.6 is 11.8 Å². The zero-order valence-electron chi connectivity index (χ0n) is 6.44. The van der Waals surface area contributed by atoms with E-state index in [1.54, 1.807) is 0 Å². The van der Waals surface area contributed by atoms with Crippen molar-refractivity contribution in [3.05, 3.63) is 6.42 Å². The lowest BCUT2D eigenvalue weighted by Crippen LogP contribution is -2.24. The third kappa shape index (κ3) is 1.20. The molecule has 1 saturated heterocycles. The minimum atomic E-state index is 0.759. The Kier molecular flexibility index (Phi) is 1.94. The van der Waals surface area contributed by atoms with Gasteiger partial charge in [-0.15, -0.1) is 0 Å². The first kappa shape index (κ1) is 7.02. The molecular formula is C9H15S. The highest BCUT2D eigenvalue weighted by Crippen LogP contribution is 2.47. The summed E-state index contributed by atoms with van der Waals surface area (Å²) in [6, 6.07) is 0. The molecule has 0 aromatic carbocycles. The largest absolute Gasteiger partial charge is 0.155 e. The van der Waals surface area contributed by atoms with Gasteiger partial charge < -0.3 is 0 Å². The van der Waals surface area contributed by atoms with Crippen LogP contribution in [0.15, 0.2) is 0 Å². The van der Waals surface area contributed by atoms with Gasteiger partial charge in [0.25, 0.3) is 0 Å². The van der Waals surface area contributed by atoms with E-state index in [9.17, 15) is 0 Å². The zero-order chi connectivity index (χ0) is 6.86. The van der Waals surface area contributed by atoms with Crippen LogP contribution in [-0.4, -0.2) is 10.5 Å². The average Bonchev–Trinajstić information content (AvgIpc) is 2.39. The Labute approximate surface area is 67.8 Å². The van der Waals surface area contributed by atoms with E-state index in [1.807, 2.05) is 0 Å². The van der Waals surface area contributed by atoms with Crippen molar-refractivity contribution in [2.24, 2.45) is 0 Å². The topological polar surface area (TPSA) is 0 Å². The third-order valence-corrected chi connectivity index (χ3v) is 4.51. The molecule has 0 N–H and O–H groups in total. The number of thioether (sulfide) groups is 1. The van der Waals surface area contributed by atoms with Crippen molar-refractivity contribution >= 4 is 11.8 Å². The van der Waals surface area contributed by atoms with Gasteiger partial charge in [-0.3, -0.25) is 0 Å². The smallest absolute Gasteiger partial charge is 0.0160 e. The summed E-state index contributed by atoms with van der Waals surface area (Å²) in [5, 5.41) is 0. The van der Waals surface area contributed by atoms with Crippen LogP contribution in [0.2, 0.25) is 0 Å². The monoisotopic (exact) mass is 155 g/mol. The molecule has 2 aliphatic rings. The molecule has 0 unspecified atom stereocenters. The van der Waals surface area contributed by atoms with E-state index in [-0.39, 0.29) is 0 Å². The third-order valence-electron chi connectivity index (χ3n) is 2.79. The second-order valence-electron chi connectivity index (χ2n) is 3.50. The molecule has 0 atom stereocenters. The van der Waals surface area contributed by atoms with Gasteiger partial charge in [0.15, 0.2) is 0 Å².